The number of rotatable bonds is 6. The fourth-order valence-corrected chi connectivity index (χ4v) is 5.00. The van der Waals surface area contributed by atoms with Crippen LogP contribution in [0.5, 0.6) is 0 Å². The molecule has 0 fully saturated rings. The number of halogens is 1. The number of thioether (sulfide) groups is 1. The summed E-state index contributed by atoms with van der Waals surface area (Å²) in [5.74, 6) is 1.89. The molecule has 4 rings (SSSR count). The van der Waals surface area contributed by atoms with Crippen molar-refractivity contribution in [2.24, 2.45) is 0 Å². The van der Waals surface area contributed by atoms with Crippen LogP contribution in [0, 0.1) is 0 Å². The topological polar surface area (TPSA) is 25.2 Å². The molecule has 0 amide bonds. The van der Waals surface area contributed by atoms with Gasteiger partial charge in [0.05, 0.1) is 11.2 Å². The zero-order chi connectivity index (χ0) is 18.6. The first-order valence-corrected chi connectivity index (χ1v) is 10.9. The Morgan fingerprint density at radius 2 is 1.56 bits per heavy atom. The van der Waals surface area contributed by atoms with E-state index < -0.39 is 0 Å². The second-order valence-electron chi connectivity index (χ2n) is 6.43. The molecule has 4 heteroatoms. The molecule has 1 N–H and O–H groups in total. The lowest BCUT2D eigenvalue weighted by Crippen LogP contribution is -1.95. The van der Waals surface area contributed by atoms with Crippen molar-refractivity contribution in [1.29, 1.82) is 0 Å². The number of hydrogen-bond acceptors (Lipinski definition) is 2. The van der Waals surface area contributed by atoms with E-state index in [1.54, 1.807) is 0 Å². The van der Waals surface area contributed by atoms with Crippen LogP contribution in [-0.4, -0.2) is 15.7 Å². The molecule has 27 heavy (non-hydrogen) atoms. The zero-order valence-corrected chi connectivity index (χ0v) is 17.2. The van der Waals surface area contributed by atoms with E-state index in [-0.39, 0.29) is 0 Å². The molecule has 3 aromatic carbocycles. The highest BCUT2D eigenvalue weighted by Crippen LogP contribution is 2.38. The highest BCUT2D eigenvalue weighted by molar-refractivity contribution is 9.10. The van der Waals surface area contributed by atoms with Crippen molar-refractivity contribution in [2.45, 2.75) is 12.2 Å². The van der Waals surface area contributed by atoms with E-state index in [2.05, 4.69) is 46.3 Å². The normalized spacial score (nSPS) is 11.1. The third-order valence-electron chi connectivity index (χ3n) is 4.69. The van der Waals surface area contributed by atoms with Crippen molar-refractivity contribution in [3.63, 3.8) is 0 Å². The molecule has 0 unspecified atom stereocenters. The fraction of sp³-hybridized carbons (Fsp3) is 0.130. The van der Waals surface area contributed by atoms with Crippen LogP contribution in [0.15, 0.2) is 83.3 Å². The summed E-state index contributed by atoms with van der Waals surface area (Å²) in [6, 6.07) is 26.6. The number of hydrogen-bond donors (Lipinski definition) is 1. The van der Waals surface area contributed by atoms with E-state index in [0.29, 0.717) is 0 Å². The summed E-state index contributed by atoms with van der Waals surface area (Å²) in [7, 11) is 0. The van der Waals surface area contributed by atoms with Crippen LogP contribution in [0.25, 0.3) is 22.2 Å². The smallest absolute Gasteiger partial charge is 0.0919 e. The molecule has 0 spiro atoms. The Kier molecular flexibility index (Phi) is 5.55. The summed E-state index contributed by atoms with van der Waals surface area (Å²) in [5, 5.41) is 12.0. The fourth-order valence-electron chi connectivity index (χ4n) is 3.40. The molecular weight excluding hydrogens is 418 g/mol. The van der Waals surface area contributed by atoms with Gasteiger partial charge in [0.2, 0.25) is 0 Å². The van der Waals surface area contributed by atoms with Crippen LogP contribution >= 0.6 is 27.7 Å². The van der Waals surface area contributed by atoms with Gasteiger partial charge >= 0.3 is 0 Å². The molecular formula is C23H20BrNOS. The summed E-state index contributed by atoms with van der Waals surface area (Å²) >= 11 is 5.58. The second kappa shape index (κ2) is 8.24. The predicted octanol–water partition coefficient (Wildman–Crippen LogP) is 6.78. The van der Waals surface area contributed by atoms with Gasteiger partial charge in [-0.15, -0.1) is 0 Å². The van der Waals surface area contributed by atoms with Gasteiger partial charge < -0.3 is 5.21 Å². The van der Waals surface area contributed by atoms with Crippen LogP contribution in [0.1, 0.15) is 11.1 Å². The van der Waals surface area contributed by atoms with Crippen molar-refractivity contribution in [3.8, 4) is 11.3 Å². The molecule has 0 saturated heterocycles. The van der Waals surface area contributed by atoms with Crippen molar-refractivity contribution in [1.82, 2.24) is 4.73 Å². The molecule has 136 valence electrons. The first-order valence-electron chi connectivity index (χ1n) is 8.94. The van der Waals surface area contributed by atoms with Gasteiger partial charge in [0.25, 0.3) is 0 Å². The van der Waals surface area contributed by atoms with Gasteiger partial charge in [0.15, 0.2) is 0 Å². The third-order valence-corrected chi connectivity index (χ3v) is 6.34. The molecule has 0 saturated carbocycles. The number of nitrogens with zero attached hydrogens (tertiary/aromatic N) is 1. The molecule has 0 aliphatic carbocycles. The summed E-state index contributed by atoms with van der Waals surface area (Å²) in [6.45, 7) is 0. The first-order chi connectivity index (χ1) is 13.3. The minimum atomic E-state index is 0.835. The van der Waals surface area contributed by atoms with Gasteiger partial charge in [0, 0.05) is 26.7 Å². The molecule has 1 heterocycles. The molecule has 0 aliphatic heterocycles. The quantitative estimate of drug-likeness (QED) is 0.265. The Morgan fingerprint density at radius 3 is 2.30 bits per heavy atom. The highest BCUT2D eigenvalue weighted by Gasteiger charge is 2.20. The van der Waals surface area contributed by atoms with Gasteiger partial charge in [-0.1, -0.05) is 82.7 Å². The largest absolute Gasteiger partial charge is 0.428 e. The average Bonchev–Trinajstić information content (AvgIpc) is 3.00. The zero-order valence-electron chi connectivity index (χ0n) is 14.8. The van der Waals surface area contributed by atoms with E-state index in [0.717, 1.165) is 44.6 Å². The number of fused-ring (bicyclic) bond motifs is 1. The lowest BCUT2D eigenvalue weighted by atomic mass is 10.1. The van der Waals surface area contributed by atoms with Crippen molar-refractivity contribution < 1.29 is 5.21 Å². The maximum Gasteiger partial charge on any atom is 0.0919 e. The first kappa shape index (κ1) is 18.2. The van der Waals surface area contributed by atoms with Crippen LogP contribution in [-0.2, 0) is 12.2 Å². The van der Waals surface area contributed by atoms with E-state index in [1.165, 1.54) is 15.9 Å². The summed E-state index contributed by atoms with van der Waals surface area (Å²) in [6.07, 6.45) is 1.05. The Balaban J connectivity index is 1.66. The molecule has 0 radical (unpaired) electrons. The number of aryl methyl sites for hydroxylation is 1. The van der Waals surface area contributed by atoms with Gasteiger partial charge in [-0.2, -0.15) is 16.5 Å². The maximum atomic E-state index is 10.9. The number of aromatic nitrogens is 1. The van der Waals surface area contributed by atoms with E-state index >= 15 is 0 Å². The van der Waals surface area contributed by atoms with Crippen molar-refractivity contribution >= 4 is 38.6 Å². The average molecular weight is 438 g/mol. The Bertz CT molecular complexity index is 1040. The lowest BCUT2D eigenvalue weighted by Gasteiger charge is -2.08. The van der Waals surface area contributed by atoms with Crippen molar-refractivity contribution in [3.05, 3.63) is 94.5 Å². The van der Waals surface area contributed by atoms with Crippen LogP contribution in [0.2, 0.25) is 0 Å². The molecule has 0 bridgehead atoms. The molecule has 4 aromatic rings. The minimum Gasteiger partial charge on any atom is -0.428 e. The van der Waals surface area contributed by atoms with E-state index in [1.807, 2.05) is 60.3 Å². The van der Waals surface area contributed by atoms with E-state index in [4.69, 9.17) is 0 Å². The van der Waals surface area contributed by atoms with Crippen LogP contribution < -0.4 is 0 Å². The molecule has 0 aliphatic rings. The third kappa shape index (κ3) is 3.78. The van der Waals surface area contributed by atoms with E-state index in [9.17, 15) is 5.21 Å². The Morgan fingerprint density at radius 1 is 0.852 bits per heavy atom. The predicted molar refractivity (Wildman–Crippen MR) is 119 cm³/mol. The minimum absolute atomic E-state index is 0.835. The van der Waals surface area contributed by atoms with Gasteiger partial charge in [-0.3, -0.25) is 0 Å². The van der Waals surface area contributed by atoms with Gasteiger partial charge in [-0.25, -0.2) is 0 Å². The highest BCUT2D eigenvalue weighted by atomic mass is 79.9. The summed E-state index contributed by atoms with van der Waals surface area (Å²) < 4.78 is 2.35. The Labute approximate surface area is 171 Å². The summed E-state index contributed by atoms with van der Waals surface area (Å²) in [5.41, 5.74) is 5.27. The molecule has 0 atom stereocenters. The van der Waals surface area contributed by atoms with Gasteiger partial charge in [0.1, 0.15) is 0 Å². The molecule has 2 nitrogen and oxygen atoms in total. The van der Waals surface area contributed by atoms with Crippen molar-refractivity contribution in [2.75, 3.05) is 5.75 Å². The van der Waals surface area contributed by atoms with Gasteiger partial charge in [-0.05, 0) is 29.9 Å². The maximum absolute atomic E-state index is 10.9. The standard InChI is InChI=1S/C23H20BrNOS/c24-20-12-7-13-21-22(20)19(16-27-15-14-17-8-3-1-4-9-17)23(25(21)26)18-10-5-2-6-11-18/h1-13,26H,14-16H2. The second-order valence-corrected chi connectivity index (χ2v) is 8.39. The monoisotopic (exact) mass is 437 g/mol. The molecule has 1 aromatic heterocycles. The lowest BCUT2D eigenvalue weighted by molar-refractivity contribution is 0.204. The SMILES string of the molecule is On1c(-c2ccccc2)c(CSCCc2ccccc2)c2c(Br)cccc21. The Hall–Kier alpha value is -2.17. The summed E-state index contributed by atoms with van der Waals surface area (Å²) in [4.78, 5) is 0. The number of benzene rings is 3. The van der Waals surface area contributed by atoms with Crippen LogP contribution in [0.3, 0.4) is 0 Å². The van der Waals surface area contributed by atoms with Crippen LogP contribution in [0.4, 0.5) is 0 Å².